The van der Waals surface area contributed by atoms with Gasteiger partial charge in [0.15, 0.2) is 5.82 Å². The minimum atomic E-state index is -0.122. The molecule has 0 aliphatic heterocycles. The van der Waals surface area contributed by atoms with Crippen molar-refractivity contribution in [2.24, 2.45) is 0 Å². The van der Waals surface area contributed by atoms with E-state index in [4.69, 9.17) is 0 Å². The zero-order valence-corrected chi connectivity index (χ0v) is 11.6. The second-order valence-electron chi connectivity index (χ2n) is 5.63. The summed E-state index contributed by atoms with van der Waals surface area (Å²) in [5.41, 5.74) is 1.33. The third-order valence-corrected chi connectivity index (χ3v) is 4.10. The van der Waals surface area contributed by atoms with Crippen molar-refractivity contribution in [3.63, 3.8) is 0 Å². The third-order valence-electron chi connectivity index (χ3n) is 4.10. The number of aromatic nitrogens is 3. The Morgan fingerprint density at radius 3 is 2.55 bits per heavy atom. The molecule has 0 spiro atoms. The van der Waals surface area contributed by atoms with Gasteiger partial charge in [0.25, 0.3) is 0 Å². The van der Waals surface area contributed by atoms with Gasteiger partial charge in [-0.2, -0.15) is 5.10 Å². The first-order chi connectivity index (χ1) is 9.81. The van der Waals surface area contributed by atoms with Crippen molar-refractivity contribution in [3.05, 3.63) is 47.5 Å². The summed E-state index contributed by atoms with van der Waals surface area (Å²) in [5, 5.41) is 17.0. The highest BCUT2D eigenvalue weighted by atomic mass is 16.3. The molecule has 0 amide bonds. The van der Waals surface area contributed by atoms with Crippen molar-refractivity contribution in [3.8, 4) is 0 Å². The van der Waals surface area contributed by atoms with Gasteiger partial charge >= 0.3 is 0 Å². The standard InChI is InChI=1S/C16H21N3O/c20-14-9-7-13(8-10-14)16-17-15(18-19-16)11-6-12-4-2-1-3-5-12/h1-5,13-14,20H,6-11H2,(H,17,18,19). The average molecular weight is 271 g/mol. The number of nitrogens with zero attached hydrogens (tertiary/aromatic N) is 2. The number of nitrogens with one attached hydrogen (secondary N) is 1. The van der Waals surface area contributed by atoms with E-state index < -0.39 is 0 Å². The van der Waals surface area contributed by atoms with Crippen LogP contribution in [-0.4, -0.2) is 26.4 Å². The fourth-order valence-corrected chi connectivity index (χ4v) is 2.85. The summed E-state index contributed by atoms with van der Waals surface area (Å²) in [6.07, 6.45) is 5.50. The summed E-state index contributed by atoms with van der Waals surface area (Å²) in [5.74, 6) is 2.31. The van der Waals surface area contributed by atoms with Crippen molar-refractivity contribution in [2.75, 3.05) is 0 Å². The van der Waals surface area contributed by atoms with Crippen LogP contribution in [0.25, 0.3) is 0 Å². The van der Waals surface area contributed by atoms with Gasteiger partial charge in [-0.05, 0) is 37.7 Å². The molecule has 20 heavy (non-hydrogen) atoms. The average Bonchev–Trinajstić information content (AvgIpc) is 2.96. The molecule has 0 unspecified atom stereocenters. The summed E-state index contributed by atoms with van der Waals surface area (Å²) in [6, 6.07) is 10.4. The maximum atomic E-state index is 9.54. The highest BCUT2D eigenvalue weighted by Gasteiger charge is 2.23. The first-order valence-corrected chi connectivity index (χ1v) is 7.44. The predicted octanol–water partition coefficient (Wildman–Crippen LogP) is 2.61. The van der Waals surface area contributed by atoms with E-state index in [9.17, 15) is 5.11 Å². The highest BCUT2D eigenvalue weighted by molar-refractivity contribution is 5.15. The van der Waals surface area contributed by atoms with E-state index in [1.54, 1.807) is 0 Å². The van der Waals surface area contributed by atoms with Crippen LogP contribution in [0.2, 0.25) is 0 Å². The minimum absolute atomic E-state index is 0.122. The van der Waals surface area contributed by atoms with Gasteiger partial charge in [0.05, 0.1) is 6.10 Å². The summed E-state index contributed by atoms with van der Waals surface area (Å²) in [6.45, 7) is 0. The lowest BCUT2D eigenvalue weighted by Gasteiger charge is -2.22. The van der Waals surface area contributed by atoms with Crippen LogP contribution in [0.1, 0.15) is 48.8 Å². The van der Waals surface area contributed by atoms with E-state index in [0.717, 1.165) is 50.2 Å². The van der Waals surface area contributed by atoms with Gasteiger partial charge in [-0.25, -0.2) is 4.98 Å². The van der Waals surface area contributed by atoms with E-state index in [0.29, 0.717) is 5.92 Å². The molecule has 1 aromatic carbocycles. The fourth-order valence-electron chi connectivity index (χ4n) is 2.85. The zero-order valence-electron chi connectivity index (χ0n) is 11.6. The quantitative estimate of drug-likeness (QED) is 0.898. The Morgan fingerprint density at radius 1 is 1.05 bits per heavy atom. The van der Waals surface area contributed by atoms with E-state index >= 15 is 0 Å². The Balaban J connectivity index is 1.57. The maximum absolute atomic E-state index is 9.54. The molecule has 1 aliphatic carbocycles. The molecule has 0 atom stereocenters. The van der Waals surface area contributed by atoms with Crippen LogP contribution in [0.5, 0.6) is 0 Å². The zero-order chi connectivity index (χ0) is 13.8. The van der Waals surface area contributed by atoms with Gasteiger partial charge in [-0.15, -0.1) is 0 Å². The third kappa shape index (κ3) is 3.25. The number of hydrogen-bond acceptors (Lipinski definition) is 3. The van der Waals surface area contributed by atoms with Crippen LogP contribution in [0.4, 0.5) is 0 Å². The number of H-pyrrole nitrogens is 1. The smallest absolute Gasteiger partial charge is 0.153 e. The lowest BCUT2D eigenvalue weighted by atomic mass is 9.87. The summed E-state index contributed by atoms with van der Waals surface area (Å²) in [4.78, 5) is 4.63. The molecule has 1 saturated carbocycles. The van der Waals surface area contributed by atoms with Crippen LogP contribution in [0, 0.1) is 0 Å². The molecule has 106 valence electrons. The molecule has 0 radical (unpaired) electrons. The van der Waals surface area contributed by atoms with Gasteiger partial charge in [0.1, 0.15) is 5.82 Å². The van der Waals surface area contributed by atoms with Gasteiger partial charge in [0.2, 0.25) is 0 Å². The van der Waals surface area contributed by atoms with Crippen LogP contribution in [-0.2, 0) is 12.8 Å². The van der Waals surface area contributed by atoms with Crippen molar-refractivity contribution in [1.29, 1.82) is 0 Å². The number of aryl methyl sites for hydroxylation is 2. The molecule has 4 nitrogen and oxygen atoms in total. The Labute approximate surface area is 119 Å². The lowest BCUT2D eigenvalue weighted by molar-refractivity contribution is 0.121. The van der Waals surface area contributed by atoms with E-state index in [-0.39, 0.29) is 6.10 Å². The molecule has 1 heterocycles. The van der Waals surface area contributed by atoms with Gasteiger partial charge in [0, 0.05) is 12.3 Å². The number of aliphatic hydroxyl groups excluding tert-OH is 1. The number of aromatic amines is 1. The van der Waals surface area contributed by atoms with Crippen molar-refractivity contribution in [2.45, 2.75) is 50.5 Å². The summed E-state index contributed by atoms with van der Waals surface area (Å²) < 4.78 is 0. The maximum Gasteiger partial charge on any atom is 0.153 e. The lowest BCUT2D eigenvalue weighted by Crippen LogP contribution is -2.17. The Bertz CT molecular complexity index is 530. The number of aliphatic hydroxyl groups is 1. The molecule has 4 heteroatoms. The molecule has 0 saturated heterocycles. The van der Waals surface area contributed by atoms with Crippen molar-refractivity contribution in [1.82, 2.24) is 15.2 Å². The molecule has 3 rings (SSSR count). The van der Waals surface area contributed by atoms with Gasteiger partial charge in [-0.1, -0.05) is 30.3 Å². The number of rotatable bonds is 4. The van der Waals surface area contributed by atoms with Gasteiger partial charge in [-0.3, -0.25) is 5.10 Å². The fraction of sp³-hybridized carbons (Fsp3) is 0.500. The Hall–Kier alpha value is -1.68. The highest BCUT2D eigenvalue weighted by Crippen LogP contribution is 2.30. The Morgan fingerprint density at radius 2 is 1.80 bits per heavy atom. The topological polar surface area (TPSA) is 61.8 Å². The molecular weight excluding hydrogens is 250 g/mol. The monoisotopic (exact) mass is 271 g/mol. The van der Waals surface area contributed by atoms with Crippen LogP contribution >= 0.6 is 0 Å². The largest absolute Gasteiger partial charge is 0.393 e. The molecule has 2 N–H and O–H groups in total. The minimum Gasteiger partial charge on any atom is -0.393 e. The second kappa shape index (κ2) is 6.18. The van der Waals surface area contributed by atoms with Crippen LogP contribution in [0.3, 0.4) is 0 Å². The normalized spacial score (nSPS) is 22.9. The van der Waals surface area contributed by atoms with E-state index in [1.807, 2.05) is 6.07 Å². The SMILES string of the molecule is OC1CCC(c2n[nH]c(CCc3ccccc3)n2)CC1. The van der Waals surface area contributed by atoms with Crippen LogP contribution < -0.4 is 0 Å². The Kier molecular flexibility index (Phi) is 4.11. The molecule has 1 aliphatic rings. The molecular formula is C16H21N3O. The number of benzene rings is 1. The second-order valence-corrected chi connectivity index (χ2v) is 5.63. The summed E-state index contributed by atoms with van der Waals surface area (Å²) >= 11 is 0. The van der Waals surface area contributed by atoms with Crippen molar-refractivity contribution < 1.29 is 5.11 Å². The molecule has 1 fully saturated rings. The first-order valence-electron chi connectivity index (χ1n) is 7.44. The van der Waals surface area contributed by atoms with Crippen LogP contribution in [0.15, 0.2) is 30.3 Å². The number of hydrogen-bond donors (Lipinski definition) is 2. The van der Waals surface area contributed by atoms with Gasteiger partial charge < -0.3 is 5.11 Å². The molecule has 1 aromatic heterocycles. The predicted molar refractivity (Wildman–Crippen MR) is 77.4 cm³/mol. The van der Waals surface area contributed by atoms with E-state index in [2.05, 4.69) is 39.4 Å². The van der Waals surface area contributed by atoms with Crippen molar-refractivity contribution >= 4 is 0 Å². The summed E-state index contributed by atoms with van der Waals surface area (Å²) in [7, 11) is 0. The molecule has 2 aromatic rings. The van der Waals surface area contributed by atoms with E-state index in [1.165, 1.54) is 5.56 Å². The first kappa shape index (κ1) is 13.3. The molecule has 0 bridgehead atoms.